The number of amides is 4. The minimum absolute atomic E-state index is 0.0202. The van der Waals surface area contributed by atoms with E-state index in [4.69, 9.17) is 0 Å². The lowest BCUT2D eigenvalue weighted by Gasteiger charge is -2.22. The molecule has 4 amide bonds. The first-order valence-electron chi connectivity index (χ1n) is 7.76. The number of carbonyl (C=O) groups excluding carboxylic acids is 3. The van der Waals surface area contributed by atoms with Gasteiger partial charge in [-0.25, -0.2) is 13.6 Å². The summed E-state index contributed by atoms with van der Waals surface area (Å²) in [5.74, 6) is -3.45. The SMILES string of the molecule is C[C@@]1(c2ccccc2)NC(=O)N(CC(=O)Nc2ccc(F)c(F)c2)C1=O. The Bertz CT molecular complexity index is 889. The van der Waals surface area contributed by atoms with Gasteiger partial charge >= 0.3 is 6.03 Å². The lowest BCUT2D eigenvalue weighted by Crippen LogP contribution is -2.42. The number of hydrogen-bond donors (Lipinski definition) is 2. The molecule has 2 N–H and O–H groups in total. The lowest BCUT2D eigenvalue weighted by atomic mass is 9.92. The normalized spacial score (nSPS) is 19.4. The van der Waals surface area contributed by atoms with Gasteiger partial charge in [0, 0.05) is 11.8 Å². The van der Waals surface area contributed by atoms with Gasteiger partial charge < -0.3 is 10.6 Å². The summed E-state index contributed by atoms with van der Waals surface area (Å²) in [4.78, 5) is 37.7. The van der Waals surface area contributed by atoms with Crippen molar-refractivity contribution in [2.75, 3.05) is 11.9 Å². The Morgan fingerprint density at radius 3 is 2.46 bits per heavy atom. The quantitative estimate of drug-likeness (QED) is 0.823. The van der Waals surface area contributed by atoms with Gasteiger partial charge in [0.25, 0.3) is 5.91 Å². The largest absolute Gasteiger partial charge is 0.325 e. The Morgan fingerprint density at radius 2 is 1.81 bits per heavy atom. The lowest BCUT2D eigenvalue weighted by molar-refractivity contribution is -0.133. The molecular formula is C18H15F2N3O3. The smallest absolute Gasteiger partial charge is 0.324 e. The summed E-state index contributed by atoms with van der Waals surface area (Å²) < 4.78 is 26.1. The highest BCUT2D eigenvalue weighted by Gasteiger charge is 2.49. The molecule has 1 fully saturated rings. The molecule has 0 bridgehead atoms. The molecule has 0 saturated carbocycles. The van der Waals surface area contributed by atoms with Gasteiger partial charge in [0.15, 0.2) is 11.6 Å². The molecule has 3 rings (SSSR count). The maximum Gasteiger partial charge on any atom is 0.325 e. The molecule has 0 unspecified atom stereocenters. The molecule has 0 spiro atoms. The number of anilines is 1. The fourth-order valence-electron chi connectivity index (χ4n) is 2.73. The number of benzene rings is 2. The van der Waals surface area contributed by atoms with Gasteiger partial charge in [-0.05, 0) is 24.6 Å². The van der Waals surface area contributed by atoms with Crippen LogP contribution < -0.4 is 10.6 Å². The van der Waals surface area contributed by atoms with Crippen LogP contribution in [0.3, 0.4) is 0 Å². The summed E-state index contributed by atoms with van der Waals surface area (Å²) in [7, 11) is 0. The van der Waals surface area contributed by atoms with Gasteiger partial charge in [-0.3, -0.25) is 14.5 Å². The Kier molecular flexibility index (Phi) is 4.41. The van der Waals surface area contributed by atoms with Crippen LogP contribution in [0.15, 0.2) is 48.5 Å². The number of carbonyl (C=O) groups is 3. The molecule has 0 radical (unpaired) electrons. The Hall–Kier alpha value is -3.29. The van der Waals surface area contributed by atoms with E-state index in [0.29, 0.717) is 5.56 Å². The fraction of sp³-hybridized carbons (Fsp3) is 0.167. The van der Waals surface area contributed by atoms with E-state index in [1.165, 1.54) is 6.07 Å². The summed E-state index contributed by atoms with van der Waals surface area (Å²) in [6, 6.07) is 10.8. The van der Waals surface area contributed by atoms with Crippen LogP contribution in [0.5, 0.6) is 0 Å². The van der Waals surface area contributed by atoms with Gasteiger partial charge in [-0.15, -0.1) is 0 Å². The van der Waals surface area contributed by atoms with Gasteiger partial charge in [0.2, 0.25) is 5.91 Å². The van der Waals surface area contributed by atoms with Gasteiger partial charge in [0.05, 0.1) is 0 Å². The van der Waals surface area contributed by atoms with Crippen molar-refractivity contribution < 1.29 is 23.2 Å². The number of hydrogen-bond acceptors (Lipinski definition) is 3. The van der Waals surface area contributed by atoms with E-state index >= 15 is 0 Å². The predicted octanol–water partition coefficient (Wildman–Crippen LogP) is 2.37. The highest BCUT2D eigenvalue weighted by molar-refractivity contribution is 6.10. The maximum absolute atomic E-state index is 13.2. The summed E-state index contributed by atoms with van der Waals surface area (Å²) in [6.07, 6.45) is 0. The molecule has 26 heavy (non-hydrogen) atoms. The number of halogens is 2. The minimum Gasteiger partial charge on any atom is -0.324 e. The second-order valence-electron chi connectivity index (χ2n) is 5.99. The third kappa shape index (κ3) is 3.13. The average molecular weight is 359 g/mol. The molecule has 1 saturated heterocycles. The highest BCUT2D eigenvalue weighted by Crippen LogP contribution is 2.28. The number of nitrogens with one attached hydrogen (secondary N) is 2. The highest BCUT2D eigenvalue weighted by atomic mass is 19.2. The van der Waals surface area contributed by atoms with Gasteiger partial charge in [0.1, 0.15) is 12.1 Å². The van der Waals surface area contributed by atoms with E-state index in [1.807, 2.05) is 0 Å². The molecule has 134 valence electrons. The van der Waals surface area contributed by atoms with Crippen LogP contribution in [0.25, 0.3) is 0 Å². The molecule has 0 aromatic heterocycles. The summed E-state index contributed by atoms with van der Waals surface area (Å²) in [5.41, 5.74) is -0.672. The first-order valence-corrected chi connectivity index (χ1v) is 7.76. The van der Waals surface area contributed by atoms with Crippen molar-refractivity contribution in [3.8, 4) is 0 Å². The van der Waals surface area contributed by atoms with Crippen LogP contribution in [-0.2, 0) is 15.1 Å². The van der Waals surface area contributed by atoms with E-state index in [-0.39, 0.29) is 5.69 Å². The van der Waals surface area contributed by atoms with Crippen LogP contribution in [0.2, 0.25) is 0 Å². The number of urea groups is 1. The Balaban J connectivity index is 1.73. The second-order valence-corrected chi connectivity index (χ2v) is 5.99. The van der Waals surface area contributed by atoms with E-state index in [1.54, 1.807) is 37.3 Å². The first kappa shape index (κ1) is 17.5. The standard InChI is InChI=1S/C18H15F2N3O3/c1-18(11-5-3-2-4-6-11)16(25)23(17(26)22-18)10-15(24)21-12-7-8-13(19)14(20)9-12/h2-9H,10H2,1H3,(H,21,24)(H,22,26)/t18-/m0/s1. The van der Waals surface area contributed by atoms with E-state index in [0.717, 1.165) is 17.0 Å². The number of nitrogens with zero attached hydrogens (tertiary/aromatic N) is 1. The fourth-order valence-corrected chi connectivity index (χ4v) is 2.73. The topological polar surface area (TPSA) is 78.5 Å². The van der Waals surface area contributed by atoms with Crippen LogP contribution in [0.1, 0.15) is 12.5 Å². The molecule has 8 heteroatoms. The first-order chi connectivity index (χ1) is 12.3. The predicted molar refractivity (Wildman–Crippen MR) is 89.0 cm³/mol. The van der Waals surface area contributed by atoms with Crippen molar-refractivity contribution in [2.45, 2.75) is 12.5 Å². The summed E-state index contributed by atoms with van der Waals surface area (Å²) >= 11 is 0. The van der Waals surface area contributed by atoms with Crippen LogP contribution in [-0.4, -0.2) is 29.3 Å². The van der Waals surface area contributed by atoms with Crippen LogP contribution in [0, 0.1) is 11.6 Å². The maximum atomic E-state index is 13.2. The summed E-state index contributed by atoms with van der Waals surface area (Å²) in [5, 5.41) is 4.91. The zero-order chi connectivity index (χ0) is 18.9. The van der Waals surface area contributed by atoms with E-state index in [2.05, 4.69) is 10.6 Å². The molecule has 1 heterocycles. The monoisotopic (exact) mass is 359 g/mol. The van der Waals surface area contributed by atoms with Crippen molar-refractivity contribution in [3.63, 3.8) is 0 Å². The van der Waals surface area contributed by atoms with Crippen LogP contribution in [0.4, 0.5) is 19.3 Å². The second kappa shape index (κ2) is 6.55. The zero-order valence-corrected chi connectivity index (χ0v) is 13.8. The van der Waals surface area contributed by atoms with E-state index < -0.39 is 41.6 Å². The van der Waals surface area contributed by atoms with Crippen molar-refractivity contribution >= 4 is 23.5 Å². The average Bonchev–Trinajstić information content (AvgIpc) is 2.83. The Labute approximate surface area is 147 Å². The number of imide groups is 1. The molecule has 6 nitrogen and oxygen atoms in total. The third-order valence-electron chi connectivity index (χ3n) is 4.13. The van der Waals surface area contributed by atoms with Gasteiger partial charge in [-0.1, -0.05) is 30.3 Å². The van der Waals surface area contributed by atoms with Crippen molar-refractivity contribution in [1.29, 1.82) is 0 Å². The molecular weight excluding hydrogens is 344 g/mol. The van der Waals surface area contributed by atoms with Gasteiger partial charge in [-0.2, -0.15) is 0 Å². The Morgan fingerprint density at radius 1 is 1.12 bits per heavy atom. The number of rotatable bonds is 4. The third-order valence-corrected chi connectivity index (χ3v) is 4.13. The minimum atomic E-state index is -1.28. The molecule has 1 aliphatic rings. The molecule has 0 aliphatic carbocycles. The van der Waals surface area contributed by atoms with Crippen molar-refractivity contribution in [1.82, 2.24) is 10.2 Å². The summed E-state index contributed by atoms with van der Waals surface area (Å²) in [6.45, 7) is 1.00. The van der Waals surface area contributed by atoms with Crippen LogP contribution >= 0.6 is 0 Å². The zero-order valence-electron chi connectivity index (χ0n) is 13.8. The molecule has 1 aliphatic heterocycles. The molecule has 1 atom stereocenters. The molecule has 2 aromatic carbocycles. The van der Waals surface area contributed by atoms with Crippen molar-refractivity contribution in [3.05, 3.63) is 65.7 Å². The van der Waals surface area contributed by atoms with Crippen molar-refractivity contribution in [2.24, 2.45) is 0 Å². The molecule has 2 aromatic rings. The van der Waals surface area contributed by atoms with E-state index in [9.17, 15) is 23.2 Å².